The molecule has 37 heavy (non-hydrogen) atoms. The lowest BCUT2D eigenvalue weighted by atomic mass is 9.93. The molecule has 6 nitrogen and oxygen atoms in total. The summed E-state index contributed by atoms with van der Waals surface area (Å²) in [4.78, 5) is 30.3. The fourth-order valence-electron chi connectivity index (χ4n) is 4.31. The zero-order valence-corrected chi connectivity index (χ0v) is 22.4. The Hall–Kier alpha value is -3.80. The number of furan rings is 1. The van der Waals surface area contributed by atoms with E-state index in [-0.39, 0.29) is 36.9 Å². The molecule has 3 aromatic rings. The van der Waals surface area contributed by atoms with Crippen LogP contribution in [0.5, 0.6) is 0 Å². The van der Waals surface area contributed by atoms with E-state index in [0.717, 1.165) is 22.4 Å². The zero-order chi connectivity index (χ0) is 26.8. The largest absolute Gasteiger partial charge is 0.467 e. The van der Waals surface area contributed by atoms with Crippen LogP contribution < -0.4 is 5.32 Å². The molecular weight excluding hydrogens is 462 g/mol. The van der Waals surface area contributed by atoms with Crippen molar-refractivity contribution >= 4 is 17.6 Å². The number of urea groups is 1. The average molecular weight is 502 g/mol. The monoisotopic (exact) mass is 501 g/mol. The molecule has 0 spiro atoms. The van der Waals surface area contributed by atoms with Gasteiger partial charge in [-0.1, -0.05) is 82.3 Å². The average Bonchev–Trinajstić information content (AvgIpc) is 3.39. The third-order valence-corrected chi connectivity index (χ3v) is 6.36. The summed E-state index contributed by atoms with van der Waals surface area (Å²) < 4.78 is 5.51. The van der Waals surface area contributed by atoms with Crippen molar-refractivity contribution < 1.29 is 14.0 Å². The molecule has 0 aliphatic carbocycles. The van der Waals surface area contributed by atoms with Crippen molar-refractivity contribution in [1.29, 1.82) is 0 Å². The predicted octanol–water partition coefficient (Wildman–Crippen LogP) is 6.82. The molecular formula is C31H39N3O3. The molecule has 0 atom stereocenters. The number of nitrogens with zero attached hydrogens (tertiary/aromatic N) is 2. The van der Waals surface area contributed by atoms with E-state index in [1.54, 1.807) is 17.2 Å². The molecule has 3 amide bonds. The number of hydrogen-bond donors (Lipinski definition) is 1. The summed E-state index contributed by atoms with van der Waals surface area (Å²) >= 11 is 0. The van der Waals surface area contributed by atoms with E-state index in [9.17, 15) is 9.59 Å². The van der Waals surface area contributed by atoms with Crippen LogP contribution in [0.2, 0.25) is 0 Å². The zero-order valence-electron chi connectivity index (χ0n) is 22.4. The van der Waals surface area contributed by atoms with Gasteiger partial charge in [0.25, 0.3) is 0 Å². The van der Waals surface area contributed by atoms with E-state index in [1.165, 1.54) is 4.90 Å². The Morgan fingerprint density at radius 1 is 0.919 bits per heavy atom. The van der Waals surface area contributed by atoms with Crippen LogP contribution in [0.1, 0.15) is 62.0 Å². The molecule has 0 bridgehead atoms. The number of amides is 3. The van der Waals surface area contributed by atoms with Crippen molar-refractivity contribution in [1.82, 2.24) is 9.80 Å². The number of carbonyl (C=O) groups excluding carboxylic acids is 2. The van der Waals surface area contributed by atoms with Gasteiger partial charge >= 0.3 is 6.03 Å². The second kappa shape index (κ2) is 13.5. The summed E-state index contributed by atoms with van der Waals surface area (Å²) in [6.45, 7) is 13.3. The fraction of sp³-hybridized carbons (Fsp3) is 0.355. The number of benzene rings is 2. The fourth-order valence-corrected chi connectivity index (χ4v) is 4.31. The van der Waals surface area contributed by atoms with Crippen molar-refractivity contribution in [2.45, 2.75) is 52.5 Å². The van der Waals surface area contributed by atoms with E-state index >= 15 is 0 Å². The smallest absolute Gasteiger partial charge is 0.322 e. The molecule has 0 saturated carbocycles. The van der Waals surface area contributed by atoms with Crippen LogP contribution in [-0.4, -0.2) is 41.4 Å². The summed E-state index contributed by atoms with van der Waals surface area (Å²) in [5, 5.41) is 3.12. The molecule has 0 aliphatic rings. The van der Waals surface area contributed by atoms with E-state index < -0.39 is 0 Å². The lowest BCUT2D eigenvalue weighted by Gasteiger charge is -2.28. The first-order chi connectivity index (χ1) is 17.8. The van der Waals surface area contributed by atoms with Crippen molar-refractivity contribution in [3.05, 3.63) is 102 Å². The van der Waals surface area contributed by atoms with E-state index in [2.05, 4.69) is 39.6 Å². The molecule has 196 valence electrons. The standard InChI is InChI=1S/C31H39N3O3/c1-6-18-34(31(36)32-30-27(23(2)3)15-10-16-28(30)24(4)5)22-29(35)33(21-26-14-11-20-37-26)19-17-25-12-8-7-9-13-25/h6-16,20,23-24H,1,17-19,21-22H2,2-5H3,(H,32,36). The molecule has 3 rings (SSSR count). The van der Waals surface area contributed by atoms with Crippen molar-refractivity contribution in [3.8, 4) is 0 Å². The van der Waals surface area contributed by atoms with Gasteiger partial charge in [0, 0.05) is 18.8 Å². The van der Waals surface area contributed by atoms with E-state index in [1.807, 2.05) is 60.7 Å². The topological polar surface area (TPSA) is 65.8 Å². The highest BCUT2D eigenvalue weighted by Gasteiger charge is 2.24. The SMILES string of the molecule is C=CCN(CC(=O)N(CCc1ccccc1)Cc1ccco1)C(=O)Nc1c(C(C)C)cccc1C(C)C. The Balaban J connectivity index is 1.79. The van der Waals surface area contributed by atoms with Gasteiger partial charge in [0.1, 0.15) is 12.3 Å². The van der Waals surface area contributed by atoms with Gasteiger partial charge in [-0.25, -0.2) is 4.79 Å². The third-order valence-electron chi connectivity index (χ3n) is 6.36. The Kier molecular flexibility index (Phi) is 10.1. The maximum Gasteiger partial charge on any atom is 0.322 e. The number of hydrogen-bond acceptors (Lipinski definition) is 3. The highest BCUT2D eigenvalue weighted by atomic mass is 16.3. The van der Waals surface area contributed by atoms with Gasteiger partial charge in [0.2, 0.25) is 5.91 Å². The van der Waals surface area contributed by atoms with Gasteiger partial charge < -0.3 is 19.5 Å². The molecule has 1 N–H and O–H groups in total. The molecule has 0 unspecified atom stereocenters. The van der Waals surface area contributed by atoms with E-state index in [0.29, 0.717) is 25.3 Å². The number of para-hydroxylation sites is 1. The van der Waals surface area contributed by atoms with Crippen molar-refractivity contribution in [2.24, 2.45) is 0 Å². The molecule has 0 saturated heterocycles. The summed E-state index contributed by atoms with van der Waals surface area (Å²) in [5.74, 6) is 1.04. The third kappa shape index (κ3) is 7.84. The second-order valence-corrected chi connectivity index (χ2v) is 9.85. The van der Waals surface area contributed by atoms with Crippen LogP contribution >= 0.6 is 0 Å². The summed E-state index contributed by atoms with van der Waals surface area (Å²) in [6, 6.07) is 19.5. The molecule has 0 radical (unpaired) electrons. The minimum Gasteiger partial charge on any atom is -0.467 e. The lowest BCUT2D eigenvalue weighted by molar-refractivity contribution is -0.132. The molecule has 1 heterocycles. The molecule has 2 aromatic carbocycles. The van der Waals surface area contributed by atoms with Crippen LogP contribution in [0, 0.1) is 0 Å². The quantitative estimate of drug-likeness (QED) is 0.277. The normalized spacial score (nSPS) is 11.0. The maximum atomic E-state index is 13.5. The first-order valence-electron chi connectivity index (χ1n) is 12.9. The summed E-state index contributed by atoms with van der Waals surface area (Å²) in [6.07, 6.45) is 3.96. The molecule has 0 fully saturated rings. The van der Waals surface area contributed by atoms with Crippen LogP contribution in [0.25, 0.3) is 0 Å². The first-order valence-corrected chi connectivity index (χ1v) is 12.9. The van der Waals surface area contributed by atoms with Crippen molar-refractivity contribution in [2.75, 3.05) is 25.0 Å². The minimum absolute atomic E-state index is 0.0613. The van der Waals surface area contributed by atoms with Gasteiger partial charge in [0.05, 0.1) is 12.8 Å². The van der Waals surface area contributed by atoms with Gasteiger partial charge in [-0.15, -0.1) is 6.58 Å². The van der Waals surface area contributed by atoms with Crippen LogP contribution in [0.3, 0.4) is 0 Å². The van der Waals surface area contributed by atoms with Crippen molar-refractivity contribution in [3.63, 3.8) is 0 Å². The maximum absolute atomic E-state index is 13.5. The Labute approximate surface area is 221 Å². The van der Waals surface area contributed by atoms with Crippen LogP contribution in [0.15, 0.2) is 84.0 Å². The highest BCUT2D eigenvalue weighted by Crippen LogP contribution is 2.32. The summed E-state index contributed by atoms with van der Waals surface area (Å²) in [5.41, 5.74) is 4.13. The Bertz CT molecular complexity index is 1130. The van der Waals surface area contributed by atoms with E-state index in [4.69, 9.17) is 4.42 Å². The second-order valence-electron chi connectivity index (χ2n) is 9.85. The Morgan fingerprint density at radius 2 is 1.59 bits per heavy atom. The number of rotatable bonds is 12. The first kappa shape index (κ1) is 27.8. The van der Waals surface area contributed by atoms with Crippen LogP contribution in [0.4, 0.5) is 10.5 Å². The minimum atomic E-state index is -0.316. The summed E-state index contributed by atoms with van der Waals surface area (Å²) in [7, 11) is 0. The van der Waals surface area contributed by atoms with Gasteiger partial charge in [-0.05, 0) is 47.1 Å². The molecule has 0 aliphatic heterocycles. The highest BCUT2D eigenvalue weighted by molar-refractivity contribution is 5.94. The molecule has 1 aromatic heterocycles. The molecule has 6 heteroatoms. The van der Waals surface area contributed by atoms with Gasteiger partial charge in [-0.2, -0.15) is 0 Å². The number of anilines is 1. The van der Waals surface area contributed by atoms with Crippen LogP contribution in [-0.2, 0) is 17.8 Å². The number of nitrogens with one attached hydrogen (secondary N) is 1. The van der Waals surface area contributed by atoms with Gasteiger partial charge in [0.15, 0.2) is 0 Å². The Morgan fingerprint density at radius 3 is 2.16 bits per heavy atom. The predicted molar refractivity (Wildman–Crippen MR) is 150 cm³/mol. The lowest BCUT2D eigenvalue weighted by Crippen LogP contribution is -2.45. The number of carbonyl (C=O) groups is 2. The van der Waals surface area contributed by atoms with Gasteiger partial charge in [-0.3, -0.25) is 4.79 Å².